The number of benzene rings is 1. The number of hydrogen-bond donors (Lipinski definition) is 1. The average Bonchev–Trinajstić information content (AvgIpc) is 2.79. The van der Waals surface area contributed by atoms with Crippen molar-refractivity contribution >= 4 is 10.0 Å². The highest BCUT2D eigenvalue weighted by Crippen LogP contribution is 2.31. The Bertz CT molecular complexity index is 765. The summed E-state index contributed by atoms with van der Waals surface area (Å²) in [5.41, 5.74) is 2.85. The number of rotatable bonds is 3. The zero-order chi connectivity index (χ0) is 15.0. The molecule has 1 atom stereocenters. The van der Waals surface area contributed by atoms with E-state index in [-0.39, 0.29) is 10.9 Å². The number of aromatic nitrogens is 2. The van der Waals surface area contributed by atoms with Crippen molar-refractivity contribution in [3.63, 3.8) is 0 Å². The van der Waals surface area contributed by atoms with Crippen LogP contribution in [0.1, 0.15) is 35.7 Å². The predicted octanol–water partition coefficient (Wildman–Crippen LogP) is 2.08. The number of sulfonamides is 1. The molecule has 3 rings (SSSR count). The third-order valence-corrected chi connectivity index (χ3v) is 5.50. The minimum atomic E-state index is -3.55. The van der Waals surface area contributed by atoms with Gasteiger partial charge in [-0.25, -0.2) is 13.1 Å². The first-order valence-corrected chi connectivity index (χ1v) is 8.56. The van der Waals surface area contributed by atoms with Crippen LogP contribution in [0.4, 0.5) is 0 Å². The number of fused-ring (bicyclic) bond motifs is 1. The molecule has 0 saturated carbocycles. The number of nitrogens with one attached hydrogen (secondary N) is 1. The van der Waals surface area contributed by atoms with Crippen molar-refractivity contribution in [2.24, 2.45) is 7.05 Å². The van der Waals surface area contributed by atoms with E-state index in [1.165, 1.54) is 10.2 Å². The lowest BCUT2D eigenvalue weighted by Gasteiger charge is -2.26. The van der Waals surface area contributed by atoms with Crippen molar-refractivity contribution < 1.29 is 8.42 Å². The van der Waals surface area contributed by atoms with E-state index in [9.17, 15) is 8.42 Å². The predicted molar refractivity (Wildman–Crippen MR) is 80.4 cm³/mol. The normalized spacial score (nSPS) is 18.5. The molecule has 0 spiro atoms. The Morgan fingerprint density at radius 3 is 2.81 bits per heavy atom. The molecule has 1 unspecified atom stereocenters. The van der Waals surface area contributed by atoms with E-state index in [2.05, 4.69) is 15.9 Å². The molecular formula is C15H19N3O2S. The zero-order valence-corrected chi connectivity index (χ0v) is 13.0. The Hall–Kier alpha value is -1.66. The Kier molecular flexibility index (Phi) is 3.59. The molecule has 5 nitrogen and oxygen atoms in total. The maximum Gasteiger partial charge on any atom is 0.244 e. The van der Waals surface area contributed by atoms with Gasteiger partial charge in [0.25, 0.3) is 0 Å². The number of aryl methyl sites for hydroxylation is 3. The molecule has 0 bridgehead atoms. The summed E-state index contributed by atoms with van der Waals surface area (Å²) in [5, 5.41) is 4.11. The molecule has 1 aliphatic carbocycles. The summed E-state index contributed by atoms with van der Waals surface area (Å²) in [6.45, 7) is 1.71. The summed E-state index contributed by atoms with van der Waals surface area (Å²) >= 11 is 0. The van der Waals surface area contributed by atoms with Gasteiger partial charge in [-0.15, -0.1) is 0 Å². The molecule has 1 heterocycles. The lowest BCUT2D eigenvalue weighted by molar-refractivity contribution is 0.507. The average molecular weight is 305 g/mol. The van der Waals surface area contributed by atoms with E-state index in [4.69, 9.17) is 0 Å². The molecule has 1 N–H and O–H groups in total. The Morgan fingerprint density at radius 2 is 2.10 bits per heavy atom. The quantitative estimate of drug-likeness (QED) is 0.944. The smallest absolute Gasteiger partial charge is 0.244 e. The van der Waals surface area contributed by atoms with Gasteiger partial charge in [0.2, 0.25) is 10.0 Å². The molecule has 1 aromatic carbocycles. The van der Waals surface area contributed by atoms with Gasteiger partial charge in [0.15, 0.2) is 0 Å². The largest absolute Gasteiger partial charge is 0.274 e. The van der Waals surface area contributed by atoms with E-state index in [1.807, 2.05) is 18.2 Å². The Labute approximate surface area is 125 Å². The van der Waals surface area contributed by atoms with Crippen LogP contribution in [0.25, 0.3) is 0 Å². The molecule has 112 valence electrons. The van der Waals surface area contributed by atoms with E-state index in [0.717, 1.165) is 24.8 Å². The first-order valence-electron chi connectivity index (χ1n) is 7.08. The second kappa shape index (κ2) is 5.27. The summed E-state index contributed by atoms with van der Waals surface area (Å²) in [6.07, 6.45) is 4.39. The highest BCUT2D eigenvalue weighted by molar-refractivity contribution is 7.89. The summed E-state index contributed by atoms with van der Waals surface area (Å²) in [6, 6.07) is 7.89. The highest BCUT2D eigenvalue weighted by atomic mass is 32.2. The van der Waals surface area contributed by atoms with Crippen molar-refractivity contribution in [3.05, 3.63) is 47.3 Å². The SMILES string of the molecule is Cc1nn(C)cc1S(=O)(=O)NC1CCCc2ccccc21. The van der Waals surface area contributed by atoms with Gasteiger partial charge in [-0.05, 0) is 37.3 Å². The van der Waals surface area contributed by atoms with Gasteiger partial charge >= 0.3 is 0 Å². The monoisotopic (exact) mass is 305 g/mol. The van der Waals surface area contributed by atoms with Crippen molar-refractivity contribution in [1.82, 2.24) is 14.5 Å². The van der Waals surface area contributed by atoms with Crippen LogP contribution in [-0.2, 0) is 23.5 Å². The summed E-state index contributed by atoms with van der Waals surface area (Å²) in [7, 11) is -1.82. The van der Waals surface area contributed by atoms with Crippen LogP contribution >= 0.6 is 0 Å². The highest BCUT2D eigenvalue weighted by Gasteiger charge is 2.27. The standard InChI is InChI=1S/C15H19N3O2S/c1-11-15(10-18(2)16-11)21(19,20)17-14-9-5-7-12-6-3-4-8-13(12)14/h3-4,6,8,10,14,17H,5,7,9H2,1-2H3. The number of hydrogen-bond acceptors (Lipinski definition) is 3. The van der Waals surface area contributed by atoms with Crippen molar-refractivity contribution in [2.45, 2.75) is 37.1 Å². The first-order chi connectivity index (χ1) is 9.97. The summed E-state index contributed by atoms with van der Waals surface area (Å²) in [4.78, 5) is 0.257. The zero-order valence-electron chi connectivity index (χ0n) is 12.2. The Morgan fingerprint density at radius 1 is 1.33 bits per heavy atom. The van der Waals surface area contributed by atoms with Gasteiger partial charge in [0.1, 0.15) is 4.90 Å². The van der Waals surface area contributed by atoms with Gasteiger partial charge in [-0.2, -0.15) is 5.10 Å². The van der Waals surface area contributed by atoms with Crippen LogP contribution in [0.2, 0.25) is 0 Å². The lowest BCUT2D eigenvalue weighted by Crippen LogP contribution is -2.31. The molecule has 1 aromatic heterocycles. The Balaban J connectivity index is 1.92. The molecule has 0 saturated heterocycles. The van der Waals surface area contributed by atoms with Crippen LogP contribution in [0.5, 0.6) is 0 Å². The van der Waals surface area contributed by atoms with Crippen LogP contribution in [0.15, 0.2) is 35.4 Å². The van der Waals surface area contributed by atoms with Crippen LogP contribution < -0.4 is 4.72 Å². The van der Waals surface area contributed by atoms with Crippen LogP contribution in [0.3, 0.4) is 0 Å². The lowest BCUT2D eigenvalue weighted by atomic mass is 9.88. The number of nitrogens with zero attached hydrogens (tertiary/aromatic N) is 2. The molecule has 21 heavy (non-hydrogen) atoms. The van der Waals surface area contributed by atoms with Crippen molar-refractivity contribution in [2.75, 3.05) is 0 Å². The molecular weight excluding hydrogens is 286 g/mol. The maximum atomic E-state index is 12.6. The summed E-state index contributed by atoms with van der Waals surface area (Å²) in [5.74, 6) is 0. The third-order valence-electron chi connectivity index (χ3n) is 3.92. The fourth-order valence-electron chi connectivity index (χ4n) is 2.97. The third kappa shape index (κ3) is 2.73. The van der Waals surface area contributed by atoms with Crippen LogP contribution in [-0.4, -0.2) is 18.2 Å². The molecule has 0 aliphatic heterocycles. The molecule has 0 radical (unpaired) electrons. The molecule has 2 aromatic rings. The second-order valence-electron chi connectivity index (χ2n) is 5.52. The van der Waals surface area contributed by atoms with Gasteiger partial charge in [0, 0.05) is 19.3 Å². The molecule has 1 aliphatic rings. The minimum Gasteiger partial charge on any atom is -0.274 e. The fraction of sp³-hybridized carbons (Fsp3) is 0.400. The molecule has 6 heteroatoms. The van der Waals surface area contributed by atoms with E-state index >= 15 is 0 Å². The van der Waals surface area contributed by atoms with Gasteiger partial charge in [0.05, 0.1) is 5.69 Å². The maximum absolute atomic E-state index is 12.6. The van der Waals surface area contributed by atoms with E-state index in [1.54, 1.807) is 20.2 Å². The topological polar surface area (TPSA) is 64.0 Å². The van der Waals surface area contributed by atoms with Crippen LogP contribution in [0, 0.1) is 6.92 Å². The molecule has 0 amide bonds. The van der Waals surface area contributed by atoms with E-state index < -0.39 is 10.0 Å². The minimum absolute atomic E-state index is 0.153. The first kappa shape index (κ1) is 14.3. The summed E-state index contributed by atoms with van der Waals surface area (Å²) < 4.78 is 29.5. The van der Waals surface area contributed by atoms with Crippen molar-refractivity contribution in [3.8, 4) is 0 Å². The van der Waals surface area contributed by atoms with E-state index in [0.29, 0.717) is 5.69 Å². The molecule has 0 fully saturated rings. The van der Waals surface area contributed by atoms with Crippen molar-refractivity contribution in [1.29, 1.82) is 0 Å². The second-order valence-corrected chi connectivity index (χ2v) is 7.20. The fourth-order valence-corrected chi connectivity index (χ4v) is 4.44. The van der Waals surface area contributed by atoms with Gasteiger partial charge in [-0.1, -0.05) is 24.3 Å². The van der Waals surface area contributed by atoms with Gasteiger partial charge in [-0.3, -0.25) is 4.68 Å². The van der Waals surface area contributed by atoms with Gasteiger partial charge < -0.3 is 0 Å².